The lowest BCUT2D eigenvalue weighted by molar-refractivity contribution is -0.165. The van der Waals surface area contributed by atoms with Crippen molar-refractivity contribution in [1.82, 2.24) is 0 Å². The average molecular weight is 286 g/mol. The highest BCUT2D eigenvalue weighted by molar-refractivity contribution is 5.74. The predicted octanol–water partition coefficient (Wildman–Crippen LogP) is 3.42. The zero-order valence-electron chi connectivity index (χ0n) is 11.9. The summed E-state index contributed by atoms with van der Waals surface area (Å²) in [6.07, 6.45) is -0.379. The van der Waals surface area contributed by atoms with E-state index in [0.29, 0.717) is 18.1 Å². The number of hydrogen-bond donors (Lipinski definition) is 0. The van der Waals surface area contributed by atoms with Crippen LogP contribution in [0.1, 0.15) is 13.3 Å². The summed E-state index contributed by atoms with van der Waals surface area (Å²) in [5, 5.41) is 0. The molecule has 0 bridgehead atoms. The summed E-state index contributed by atoms with van der Waals surface area (Å²) in [5.74, 6) is 0.559. The van der Waals surface area contributed by atoms with E-state index in [1.165, 1.54) is 0 Å². The minimum absolute atomic E-state index is 0.339. The SMILES string of the molecule is CCCOC(=O)C(Oc1ccccc1)Oc1ccccc1. The van der Waals surface area contributed by atoms with Gasteiger partial charge in [-0.1, -0.05) is 43.3 Å². The first-order valence-corrected chi connectivity index (χ1v) is 6.89. The molecule has 0 fully saturated rings. The zero-order chi connectivity index (χ0) is 14.9. The van der Waals surface area contributed by atoms with Crippen molar-refractivity contribution in [3.05, 3.63) is 60.7 Å². The maximum absolute atomic E-state index is 12.0. The molecule has 0 saturated carbocycles. The van der Waals surface area contributed by atoms with E-state index in [1.807, 2.05) is 43.3 Å². The van der Waals surface area contributed by atoms with Crippen LogP contribution in [0.2, 0.25) is 0 Å². The van der Waals surface area contributed by atoms with Crippen LogP contribution >= 0.6 is 0 Å². The van der Waals surface area contributed by atoms with Crippen molar-refractivity contribution in [1.29, 1.82) is 0 Å². The van der Waals surface area contributed by atoms with Crippen molar-refractivity contribution in [2.75, 3.05) is 6.61 Å². The fraction of sp³-hybridized carbons (Fsp3) is 0.235. The molecule has 0 spiro atoms. The minimum atomic E-state index is -1.12. The number of para-hydroxylation sites is 2. The summed E-state index contributed by atoms with van der Waals surface area (Å²) < 4.78 is 16.3. The number of carbonyl (C=O) groups excluding carboxylic acids is 1. The van der Waals surface area contributed by atoms with E-state index >= 15 is 0 Å². The Morgan fingerprint density at radius 3 is 1.81 bits per heavy atom. The molecule has 0 aliphatic heterocycles. The Bertz CT molecular complexity index is 498. The van der Waals surface area contributed by atoms with Gasteiger partial charge in [0.2, 0.25) is 0 Å². The van der Waals surface area contributed by atoms with E-state index in [2.05, 4.69) is 0 Å². The molecule has 0 radical (unpaired) electrons. The topological polar surface area (TPSA) is 44.8 Å². The first-order chi connectivity index (χ1) is 10.3. The molecule has 4 heteroatoms. The highest BCUT2D eigenvalue weighted by Crippen LogP contribution is 2.16. The van der Waals surface area contributed by atoms with Crippen molar-refractivity contribution in [3.8, 4) is 11.5 Å². The van der Waals surface area contributed by atoms with Crippen molar-refractivity contribution in [3.63, 3.8) is 0 Å². The molecule has 0 unspecified atom stereocenters. The fourth-order valence-electron chi connectivity index (χ4n) is 1.64. The summed E-state index contributed by atoms with van der Waals surface area (Å²) in [7, 11) is 0. The summed E-state index contributed by atoms with van der Waals surface area (Å²) in [6.45, 7) is 2.27. The largest absolute Gasteiger partial charge is 0.460 e. The zero-order valence-corrected chi connectivity index (χ0v) is 11.9. The lowest BCUT2D eigenvalue weighted by Gasteiger charge is -2.19. The second-order valence-electron chi connectivity index (χ2n) is 4.36. The van der Waals surface area contributed by atoms with Crippen LogP contribution < -0.4 is 9.47 Å². The monoisotopic (exact) mass is 286 g/mol. The van der Waals surface area contributed by atoms with Gasteiger partial charge < -0.3 is 14.2 Å². The Balaban J connectivity index is 2.08. The van der Waals surface area contributed by atoms with Crippen LogP contribution in [-0.2, 0) is 9.53 Å². The van der Waals surface area contributed by atoms with E-state index in [-0.39, 0.29) is 0 Å². The molecule has 0 heterocycles. The molecule has 2 aromatic carbocycles. The van der Waals surface area contributed by atoms with Crippen LogP contribution in [0.5, 0.6) is 11.5 Å². The molecule has 110 valence electrons. The van der Waals surface area contributed by atoms with E-state index in [1.54, 1.807) is 24.3 Å². The summed E-state index contributed by atoms with van der Waals surface area (Å²) in [5.41, 5.74) is 0. The van der Waals surface area contributed by atoms with Gasteiger partial charge in [0, 0.05) is 0 Å². The van der Waals surface area contributed by atoms with Crippen LogP contribution in [0.25, 0.3) is 0 Å². The van der Waals surface area contributed by atoms with Crippen LogP contribution in [0.15, 0.2) is 60.7 Å². The van der Waals surface area contributed by atoms with Gasteiger partial charge in [-0.25, -0.2) is 4.79 Å². The van der Waals surface area contributed by atoms with Crippen molar-refractivity contribution >= 4 is 5.97 Å². The Morgan fingerprint density at radius 1 is 0.905 bits per heavy atom. The predicted molar refractivity (Wildman–Crippen MR) is 79.2 cm³/mol. The lowest BCUT2D eigenvalue weighted by atomic mass is 10.3. The highest BCUT2D eigenvalue weighted by atomic mass is 16.7. The number of benzene rings is 2. The second kappa shape index (κ2) is 7.94. The maximum atomic E-state index is 12.0. The van der Waals surface area contributed by atoms with Gasteiger partial charge in [-0.05, 0) is 30.7 Å². The number of rotatable bonds is 7. The number of hydrogen-bond acceptors (Lipinski definition) is 4. The Labute approximate surface area is 124 Å². The molecular weight excluding hydrogens is 268 g/mol. The summed E-state index contributed by atoms with van der Waals surface area (Å²) in [6, 6.07) is 18.1. The molecule has 21 heavy (non-hydrogen) atoms. The molecular formula is C17H18O4. The van der Waals surface area contributed by atoms with Gasteiger partial charge in [0.25, 0.3) is 0 Å². The van der Waals surface area contributed by atoms with Gasteiger partial charge in [-0.3, -0.25) is 0 Å². The first-order valence-electron chi connectivity index (χ1n) is 6.89. The molecule has 0 N–H and O–H groups in total. The quantitative estimate of drug-likeness (QED) is 0.578. The number of ether oxygens (including phenoxy) is 3. The average Bonchev–Trinajstić information content (AvgIpc) is 2.54. The molecule has 4 nitrogen and oxygen atoms in total. The van der Waals surface area contributed by atoms with Crippen LogP contribution in [-0.4, -0.2) is 18.9 Å². The van der Waals surface area contributed by atoms with E-state index in [0.717, 1.165) is 6.42 Å². The van der Waals surface area contributed by atoms with Gasteiger partial charge in [-0.15, -0.1) is 0 Å². The fourth-order valence-corrected chi connectivity index (χ4v) is 1.64. The molecule has 0 amide bonds. The van der Waals surface area contributed by atoms with E-state index in [9.17, 15) is 4.79 Å². The molecule has 0 atom stereocenters. The van der Waals surface area contributed by atoms with Gasteiger partial charge in [0.1, 0.15) is 11.5 Å². The number of esters is 1. The summed E-state index contributed by atoms with van der Waals surface area (Å²) in [4.78, 5) is 12.0. The molecule has 2 rings (SSSR count). The minimum Gasteiger partial charge on any atom is -0.460 e. The van der Waals surface area contributed by atoms with E-state index in [4.69, 9.17) is 14.2 Å². The Kier molecular flexibility index (Phi) is 5.64. The van der Waals surface area contributed by atoms with Crippen molar-refractivity contribution in [2.24, 2.45) is 0 Å². The van der Waals surface area contributed by atoms with Crippen molar-refractivity contribution in [2.45, 2.75) is 19.6 Å². The van der Waals surface area contributed by atoms with Gasteiger partial charge in [0.15, 0.2) is 0 Å². The molecule has 2 aromatic rings. The van der Waals surface area contributed by atoms with Crippen LogP contribution in [0.3, 0.4) is 0 Å². The standard InChI is InChI=1S/C17H18O4/c1-2-13-19-16(18)17(20-14-9-5-3-6-10-14)21-15-11-7-4-8-12-15/h3-12,17H,2,13H2,1H3. The third-order valence-corrected chi connectivity index (χ3v) is 2.61. The molecule has 0 saturated heterocycles. The van der Waals surface area contributed by atoms with Gasteiger partial charge in [0.05, 0.1) is 6.61 Å². The third kappa shape index (κ3) is 4.84. The van der Waals surface area contributed by atoms with Crippen LogP contribution in [0, 0.1) is 0 Å². The molecule has 0 aromatic heterocycles. The number of carbonyl (C=O) groups is 1. The van der Waals surface area contributed by atoms with E-state index < -0.39 is 12.3 Å². The highest BCUT2D eigenvalue weighted by Gasteiger charge is 2.24. The van der Waals surface area contributed by atoms with Crippen LogP contribution in [0.4, 0.5) is 0 Å². The molecule has 0 aliphatic rings. The summed E-state index contributed by atoms with van der Waals surface area (Å²) >= 11 is 0. The maximum Gasteiger partial charge on any atom is 0.389 e. The Morgan fingerprint density at radius 2 is 1.38 bits per heavy atom. The third-order valence-electron chi connectivity index (χ3n) is 2.61. The van der Waals surface area contributed by atoms with Gasteiger partial charge >= 0.3 is 12.3 Å². The smallest absolute Gasteiger partial charge is 0.389 e. The molecule has 0 aliphatic carbocycles. The first kappa shape index (κ1) is 14.9. The Hall–Kier alpha value is -2.49. The normalized spacial score (nSPS) is 10.2. The van der Waals surface area contributed by atoms with Gasteiger partial charge in [-0.2, -0.15) is 0 Å². The lowest BCUT2D eigenvalue weighted by Crippen LogP contribution is -2.35. The second-order valence-corrected chi connectivity index (χ2v) is 4.36. The van der Waals surface area contributed by atoms with Crippen molar-refractivity contribution < 1.29 is 19.0 Å².